The van der Waals surface area contributed by atoms with Gasteiger partial charge >= 0.3 is 0 Å². The van der Waals surface area contributed by atoms with Crippen LogP contribution in [0.4, 0.5) is 0 Å². The Labute approximate surface area is 121 Å². The molecule has 2 N–H and O–H groups in total. The maximum Gasteiger partial charge on any atom is 0.248 e. The van der Waals surface area contributed by atoms with Gasteiger partial charge in [-0.15, -0.1) is 0 Å². The molecule has 0 radical (unpaired) electrons. The van der Waals surface area contributed by atoms with Gasteiger partial charge in [0.1, 0.15) is 0 Å². The van der Waals surface area contributed by atoms with E-state index in [4.69, 9.17) is 0 Å². The Hall–Kier alpha value is -1.09. The average Bonchev–Trinajstić information content (AvgIpc) is 2.43. The summed E-state index contributed by atoms with van der Waals surface area (Å²) in [7, 11) is 0. The summed E-state index contributed by atoms with van der Waals surface area (Å²) >= 11 is 0. The van der Waals surface area contributed by atoms with Crippen molar-refractivity contribution in [2.75, 3.05) is 0 Å². The normalized spacial score (nSPS) is 33.7. The topological polar surface area (TPSA) is 44.9 Å². The highest BCUT2D eigenvalue weighted by Crippen LogP contribution is 2.33. The van der Waals surface area contributed by atoms with E-state index in [1.54, 1.807) is 6.07 Å². The van der Waals surface area contributed by atoms with Gasteiger partial charge in [0.15, 0.2) is 0 Å². The quantitative estimate of drug-likeness (QED) is 0.870. The van der Waals surface area contributed by atoms with Crippen LogP contribution in [0, 0.1) is 11.8 Å². The number of rotatable bonds is 2. The van der Waals surface area contributed by atoms with Gasteiger partial charge in [0.05, 0.1) is 0 Å². The molecular weight excluding hydrogens is 248 g/mol. The van der Waals surface area contributed by atoms with Gasteiger partial charge in [0.25, 0.3) is 0 Å². The smallest absolute Gasteiger partial charge is 0.248 e. The summed E-state index contributed by atoms with van der Waals surface area (Å²) in [6.07, 6.45) is 7.30. The second-order valence-corrected chi connectivity index (χ2v) is 6.83. The van der Waals surface area contributed by atoms with E-state index >= 15 is 0 Å². The lowest BCUT2D eigenvalue weighted by atomic mass is 9.78. The molecule has 1 heterocycles. The molecule has 2 aliphatic carbocycles. The van der Waals surface area contributed by atoms with Crippen molar-refractivity contribution in [2.45, 2.75) is 64.5 Å². The van der Waals surface area contributed by atoms with Gasteiger partial charge in [-0.05, 0) is 55.9 Å². The van der Waals surface area contributed by atoms with Gasteiger partial charge < -0.3 is 10.3 Å². The number of aromatic nitrogens is 1. The van der Waals surface area contributed by atoms with Crippen LogP contribution in [0.3, 0.4) is 0 Å². The Morgan fingerprint density at radius 3 is 2.80 bits per heavy atom. The van der Waals surface area contributed by atoms with Crippen molar-refractivity contribution in [2.24, 2.45) is 11.8 Å². The molecule has 1 saturated carbocycles. The molecule has 2 aliphatic rings. The molecule has 0 aliphatic heterocycles. The largest absolute Gasteiger partial charge is 0.326 e. The number of pyridine rings is 1. The zero-order valence-corrected chi connectivity index (χ0v) is 12.6. The lowest BCUT2D eigenvalue weighted by molar-refractivity contribution is 0.210. The van der Waals surface area contributed by atoms with Gasteiger partial charge in [-0.1, -0.05) is 19.9 Å². The van der Waals surface area contributed by atoms with Crippen molar-refractivity contribution >= 4 is 0 Å². The van der Waals surface area contributed by atoms with E-state index in [2.05, 4.69) is 24.1 Å². The minimum atomic E-state index is 0.0320. The molecule has 4 unspecified atom stereocenters. The minimum absolute atomic E-state index is 0.0320. The van der Waals surface area contributed by atoms with E-state index in [0.29, 0.717) is 12.1 Å². The predicted octanol–water partition coefficient (Wildman–Crippen LogP) is 3.17. The first-order chi connectivity index (χ1) is 9.63. The number of nitrogens with one attached hydrogen (secondary N) is 2. The Kier molecular flexibility index (Phi) is 3.97. The maximum atomic E-state index is 11.4. The molecule has 3 nitrogen and oxygen atoms in total. The Bertz CT molecular complexity index is 522. The van der Waals surface area contributed by atoms with Crippen LogP contribution in [0.25, 0.3) is 0 Å². The maximum absolute atomic E-state index is 11.4. The van der Waals surface area contributed by atoms with Crippen LogP contribution in [-0.4, -0.2) is 11.0 Å². The number of hydrogen-bond acceptors (Lipinski definition) is 2. The molecule has 3 rings (SSSR count). The van der Waals surface area contributed by atoms with E-state index in [9.17, 15) is 4.79 Å². The van der Waals surface area contributed by atoms with Crippen LogP contribution in [-0.2, 0) is 6.42 Å². The third-order valence-corrected chi connectivity index (χ3v) is 5.37. The standard InChI is InChI=1S/C17H26N2O/c1-11-6-7-13(10-12(11)2)18-15-4-3-5-16-14(15)8-9-17(20)19-16/h8-9,11-13,15,18H,3-7,10H2,1-2H3,(H,19,20). The van der Waals surface area contributed by atoms with Crippen molar-refractivity contribution in [3.63, 3.8) is 0 Å². The second-order valence-electron chi connectivity index (χ2n) is 6.83. The highest BCUT2D eigenvalue weighted by molar-refractivity contribution is 5.26. The summed E-state index contributed by atoms with van der Waals surface area (Å²) in [5.74, 6) is 1.68. The molecule has 1 aromatic heterocycles. The zero-order valence-electron chi connectivity index (χ0n) is 12.6. The van der Waals surface area contributed by atoms with Crippen molar-refractivity contribution < 1.29 is 0 Å². The zero-order chi connectivity index (χ0) is 14.1. The summed E-state index contributed by atoms with van der Waals surface area (Å²) in [5.41, 5.74) is 2.50. The van der Waals surface area contributed by atoms with Gasteiger partial charge in [-0.2, -0.15) is 0 Å². The number of aryl methyl sites for hydroxylation is 1. The van der Waals surface area contributed by atoms with E-state index in [0.717, 1.165) is 24.0 Å². The first kappa shape index (κ1) is 13.9. The molecule has 0 bridgehead atoms. The fraction of sp³-hybridized carbons (Fsp3) is 0.706. The van der Waals surface area contributed by atoms with Crippen molar-refractivity contribution in [1.29, 1.82) is 0 Å². The summed E-state index contributed by atoms with van der Waals surface area (Å²) in [5, 5.41) is 3.86. The Balaban J connectivity index is 1.72. The van der Waals surface area contributed by atoms with Gasteiger partial charge in [-0.25, -0.2) is 0 Å². The van der Waals surface area contributed by atoms with E-state index in [-0.39, 0.29) is 5.56 Å². The molecule has 20 heavy (non-hydrogen) atoms. The first-order valence-corrected chi connectivity index (χ1v) is 8.11. The minimum Gasteiger partial charge on any atom is -0.326 e. The lowest BCUT2D eigenvalue weighted by Crippen LogP contribution is -2.39. The summed E-state index contributed by atoms with van der Waals surface area (Å²) in [4.78, 5) is 14.5. The van der Waals surface area contributed by atoms with Crippen molar-refractivity contribution in [1.82, 2.24) is 10.3 Å². The van der Waals surface area contributed by atoms with Crippen LogP contribution in [0.5, 0.6) is 0 Å². The highest BCUT2D eigenvalue weighted by atomic mass is 16.1. The van der Waals surface area contributed by atoms with E-state index < -0.39 is 0 Å². The number of H-pyrrole nitrogens is 1. The van der Waals surface area contributed by atoms with Gasteiger partial charge in [-0.3, -0.25) is 4.79 Å². The third-order valence-electron chi connectivity index (χ3n) is 5.37. The average molecular weight is 274 g/mol. The second kappa shape index (κ2) is 5.72. The summed E-state index contributed by atoms with van der Waals surface area (Å²) in [6, 6.07) is 4.77. The van der Waals surface area contributed by atoms with Gasteiger partial charge in [0, 0.05) is 23.8 Å². The number of hydrogen-bond donors (Lipinski definition) is 2. The SMILES string of the molecule is CC1CCC(NC2CCCc3[nH]c(=O)ccc32)CC1C. The highest BCUT2D eigenvalue weighted by Gasteiger charge is 2.28. The fourth-order valence-corrected chi connectivity index (χ4v) is 3.86. The van der Waals surface area contributed by atoms with E-state index in [1.165, 1.54) is 37.7 Å². The predicted molar refractivity (Wildman–Crippen MR) is 81.8 cm³/mol. The fourth-order valence-electron chi connectivity index (χ4n) is 3.86. The molecule has 0 saturated heterocycles. The molecule has 0 amide bonds. The van der Waals surface area contributed by atoms with Crippen LogP contribution < -0.4 is 10.9 Å². The van der Waals surface area contributed by atoms with Crippen molar-refractivity contribution in [3.8, 4) is 0 Å². The van der Waals surface area contributed by atoms with Gasteiger partial charge in [0.2, 0.25) is 5.56 Å². The third kappa shape index (κ3) is 2.83. The molecule has 0 aromatic carbocycles. The first-order valence-electron chi connectivity index (χ1n) is 8.11. The van der Waals surface area contributed by atoms with Crippen LogP contribution in [0.2, 0.25) is 0 Å². The Morgan fingerprint density at radius 1 is 1.15 bits per heavy atom. The molecule has 110 valence electrons. The molecular formula is C17H26N2O. The molecule has 4 atom stereocenters. The summed E-state index contributed by atoms with van der Waals surface area (Å²) < 4.78 is 0. The van der Waals surface area contributed by atoms with Crippen LogP contribution in [0.15, 0.2) is 16.9 Å². The monoisotopic (exact) mass is 274 g/mol. The molecule has 0 spiro atoms. The molecule has 1 fully saturated rings. The summed E-state index contributed by atoms with van der Waals surface area (Å²) in [6.45, 7) is 4.76. The molecule has 1 aromatic rings. The Morgan fingerprint density at radius 2 is 2.00 bits per heavy atom. The lowest BCUT2D eigenvalue weighted by Gasteiger charge is -2.36. The molecule has 3 heteroatoms. The van der Waals surface area contributed by atoms with Crippen LogP contribution in [0.1, 0.15) is 63.3 Å². The van der Waals surface area contributed by atoms with Crippen LogP contribution >= 0.6 is 0 Å². The number of fused-ring (bicyclic) bond motifs is 1. The van der Waals surface area contributed by atoms with Crippen molar-refractivity contribution in [3.05, 3.63) is 33.7 Å². The van der Waals surface area contributed by atoms with E-state index in [1.807, 2.05) is 6.07 Å². The number of aromatic amines is 1.